The minimum Gasteiger partial charge on any atom is -0.489 e. The number of carbonyl (C=O) groups excluding carboxylic acids is 1. The number of nitrogens with one attached hydrogen (secondary N) is 1. The van der Waals surface area contributed by atoms with Crippen molar-refractivity contribution in [2.45, 2.75) is 45.6 Å². The summed E-state index contributed by atoms with van der Waals surface area (Å²) in [5, 5.41) is 3.90. The Morgan fingerprint density at radius 2 is 1.88 bits per heavy atom. The Balaban J connectivity index is 2.04. The normalized spacial score (nSPS) is 12.0. The van der Waals surface area contributed by atoms with Crippen LogP contribution in [0.5, 0.6) is 5.75 Å². The number of amides is 1. The maximum absolute atomic E-state index is 13.1. The molecule has 172 valence electrons. The number of fused-ring (bicyclic) bond motifs is 1. The molecule has 9 heteroatoms. The molecule has 0 spiro atoms. The summed E-state index contributed by atoms with van der Waals surface area (Å²) < 4.78 is 38.9. The molecule has 1 heterocycles. The number of halogens is 1. The van der Waals surface area contributed by atoms with E-state index in [1.807, 2.05) is 19.9 Å². The van der Waals surface area contributed by atoms with Crippen molar-refractivity contribution in [3.05, 3.63) is 52.7 Å². The van der Waals surface area contributed by atoms with Gasteiger partial charge in [0.1, 0.15) is 5.75 Å². The number of furan rings is 1. The maximum atomic E-state index is 13.1. The molecule has 0 fully saturated rings. The van der Waals surface area contributed by atoms with Gasteiger partial charge in [-0.1, -0.05) is 37.6 Å². The molecule has 3 rings (SSSR count). The van der Waals surface area contributed by atoms with Crippen LogP contribution in [-0.4, -0.2) is 37.8 Å². The van der Waals surface area contributed by atoms with Crippen LogP contribution in [0, 0.1) is 6.92 Å². The lowest BCUT2D eigenvalue weighted by atomic mass is 10.1. The number of sulfonamides is 1. The number of aryl methyl sites for hydroxylation is 1. The first-order valence-corrected chi connectivity index (χ1v) is 12.2. The van der Waals surface area contributed by atoms with Crippen molar-refractivity contribution in [1.82, 2.24) is 4.31 Å². The first-order valence-electron chi connectivity index (χ1n) is 10.4. The number of benzene rings is 2. The second-order valence-corrected chi connectivity index (χ2v) is 9.89. The second-order valence-electron chi connectivity index (χ2n) is 7.54. The molecule has 0 aliphatic heterocycles. The molecule has 1 N–H and O–H groups in total. The molecule has 32 heavy (non-hydrogen) atoms. The third kappa shape index (κ3) is 4.62. The number of anilines is 1. The Hall–Kier alpha value is -2.55. The molecule has 0 aliphatic carbocycles. The highest BCUT2D eigenvalue weighted by molar-refractivity contribution is 7.89. The summed E-state index contributed by atoms with van der Waals surface area (Å²) in [5.41, 5.74) is 1.30. The zero-order chi connectivity index (χ0) is 23.6. The predicted octanol–water partition coefficient (Wildman–Crippen LogP) is 5.46. The van der Waals surface area contributed by atoms with Gasteiger partial charge in [0, 0.05) is 24.0 Å². The van der Waals surface area contributed by atoms with E-state index in [-0.39, 0.29) is 22.4 Å². The molecule has 7 nitrogen and oxygen atoms in total. The van der Waals surface area contributed by atoms with Crippen LogP contribution in [0.4, 0.5) is 5.69 Å². The lowest BCUT2D eigenvalue weighted by Gasteiger charge is -2.20. The Labute approximate surface area is 193 Å². The van der Waals surface area contributed by atoms with E-state index in [0.717, 1.165) is 5.39 Å². The number of ether oxygens (including phenoxy) is 1. The van der Waals surface area contributed by atoms with Crippen molar-refractivity contribution < 1.29 is 22.4 Å². The molecule has 0 bridgehead atoms. The van der Waals surface area contributed by atoms with Gasteiger partial charge in [-0.15, -0.1) is 0 Å². The van der Waals surface area contributed by atoms with Crippen LogP contribution in [0.25, 0.3) is 11.0 Å². The van der Waals surface area contributed by atoms with Crippen molar-refractivity contribution in [2.24, 2.45) is 0 Å². The molecule has 0 saturated heterocycles. The number of hydrogen-bond donors (Lipinski definition) is 1. The number of hydrogen-bond acceptors (Lipinski definition) is 5. The average Bonchev–Trinajstić information content (AvgIpc) is 3.07. The zero-order valence-electron chi connectivity index (χ0n) is 18.7. The summed E-state index contributed by atoms with van der Waals surface area (Å²) >= 11 is 6.20. The molecule has 0 saturated carbocycles. The zero-order valence-corrected chi connectivity index (χ0v) is 20.3. The van der Waals surface area contributed by atoms with Gasteiger partial charge in [0.25, 0.3) is 5.91 Å². The number of rotatable bonds is 8. The van der Waals surface area contributed by atoms with E-state index in [4.69, 9.17) is 20.8 Å². The van der Waals surface area contributed by atoms with Gasteiger partial charge in [-0.05, 0) is 45.0 Å². The van der Waals surface area contributed by atoms with E-state index in [1.165, 1.54) is 16.4 Å². The van der Waals surface area contributed by atoms with Gasteiger partial charge in [-0.2, -0.15) is 4.31 Å². The van der Waals surface area contributed by atoms with Crippen LogP contribution in [0.3, 0.4) is 0 Å². The van der Waals surface area contributed by atoms with E-state index in [0.29, 0.717) is 35.0 Å². The Kier molecular flexibility index (Phi) is 7.17. The summed E-state index contributed by atoms with van der Waals surface area (Å²) in [7, 11) is -3.72. The number of nitrogens with zero attached hydrogens (tertiary/aromatic N) is 1. The Morgan fingerprint density at radius 3 is 2.47 bits per heavy atom. The fraction of sp³-hybridized carbons (Fsp3) is 0.348. The quantitative estimate of drug-likeness (QED) is 0.464. The molecular formula is C23H27ClN2O5S. The maximum Gasteiger partial charge on any atom is 0.291 e. The van der Waals surface area contributed by atoms with Crippen molar-refractivity contribution in [2.75, 3.05) is 18.4 Å². The van der Waals surface area contributed by atoms with E-state index < -0.39 is 15.9 Å². The molecule has 0 aliphatic rings. The van der Waals surface area contributed by atoms with Gasteiger partial charge in [-0.25, -0.2) is 8.42 Å². The van der Waals surface area contributed by atoms with Gasteiger partial charge in [0.05, 0.1) is 21.7 Å². The first kappa shape index (κ1) is 24.1. The minimum atomic E-state index is -3.72. The van der Waals surface area contributed by atoms with Gasteiger partial charge in [-0.3, -0.25) is 4.79 Å². The summed E-state index contributed by atoms with van der Waals surface area (Å²) in [6.45, 7) is 9.68. The SMILES string of the molecule is CCN(CC)S(=O)(=O)c1ccc(OC(C)C)c(NC(=O)c2oc3c(Cl)cccc3c2C)c1. The van der Waals surface area contributed by atoms with Crippen LogP contribution in [0.15, 0.2) is 45.7 Å². The van der Waals surface area contributed by atoms with Crippen LogP contribution in [0.2, 0.25) is 5.02 Å². The minimum absolute atomic E-state index is 0.0666. The topological polar surface area (TPSA) is 88.9 Å². The van der Waals surface area contributed by atoms with Crippen molar-refractivity contribution in [1.29, 1.82) is 0 Å². The molecule has 0 unspecified atom stereocenters. The molecular weight excluding hydrogens is 452 g/mol. The summed E-state index contributed by atoms with van der Waals surface area (Å²) in [4.78, 5) is 13.2. The molecule has 1 amide bonds. The van der Waals surface area contributed by atoms with E-state index >= 15 is 0 Å². The van der Waals surface area contributed by atoms with Gasteiger partial charge in [0.15, 0.2) is 11.3 Å². The lowest BCUT2D eigenvalue weighted by molar-refractivity contribution is 0.0997. The standard InChI is InChI=1S/C23H27ClN2O5S/c1-6-26(7-2)32(28,29)16-11-12-20(30-14(3)4)19(13-16)25-23(27)21-15(5)17-9-8-10-18(24)22(17)31-21/h8-14H,6-7H2,1-5H3,(H,25,27). The average molecular weight is 479 g/mol. The number of carbonyl (C=O) groups is 1. The van der Waals surface area contributed by atoms with Crippen LogP contribution < -0.4 is 10.1 Å². The monoisotopic (exact) mass is 478 g/mol. The molecule has 3 aromatic rings. The van der Waals surface area contributed by atoms with Crippen LogP contribution >= 0.6 is 11.6 Å². The van der Waals surface area contributed by atoms with Gasteiger partial charge < -0.3 is 14.5 Å². The van der Waals surface area contributed by atoms with Crippen LogP contribution in [-0.2, 0) is 10.0 Å². The van der Waals surface area contributed by atoms with E-state index in [2.05, 4.69) is 5.32 Å². The van der Waals surface area contributed by atoms with Crippen molar-refractivity contribution >= 4 is 44.2 Å². The predicted molar refractivity (Wildman–Crippen MR) is 126 cm³/mol. The largest absolute Gasteiger partial charge is 0.489 e. The first-order chi connectivity index (χ1) is 15.1. The van der Waals surface area contributed by atoms with Crippen molar-refractivity contribution in [3.63, 3.8) is 0 Å². The summed E-state index contributed by atoms with van der Waals surface area (Å²) in [6, 6.07) is 9.73. The highest BCUT2D eigenvalue weighted by Gasteiger charge is 2.25. The Bertz CT molecular complexity index is 1250. The number of para-hydroxylation sites is 1. The Morgan fingerprint density at radius 1 is 1.19 bits per heavy atom. The van der Waals surface area contributed by atoms with Crippen molar-refractivity contribution in [3.8, 4) is 5.75 Å². The van der Waals surface area contributed by atoms with E-state index in [9.17, 15) is 13.2 Å². The summed E-state index contributed by atoms with van der Waals surface area (Å²) in [5.74, 6) is -0.0694. The van der Waals surface area contributed by atoms with Gasteiger partial charge >= 0.3 is 0 Å². The second kappa shape index (κ2) is 9.52. The molecule has 0 atom stereocenters. The summed E-state index contributed by atoms with van der Waals surface area (Å²) in [6.07, 6.45) is -0.178. The smallest absolute Gasteiger partial charge is 0.291 e. The lowest BCUT2D eigenvalue weighted by Crippen LogP contribution is -2.30. The van der Waals surface area contributed by atoms with E-state index in [1.54, 1.807) is 39.0 Å². The molecule has 2 aromatic carbocycles. The highest BCUT2D eigenvalue weighted by atomic mass is 35.5. The fourth-order valence-electron chi connectivity index (χ4n) is 3.44. The third-order valence-corrected chi connectivity index (χ3v) is 7.37. The van der Waals surface area contributed by atoms with Crippen LogP contribution in [0.1, 0.15) is 43.8 Å². The molecule has 1 aromatic heterocycles. The highest BCUT2D eigenvalue weighted by Crippen LogP contribution is 2.33. The fourth-order valence-corrected chi connectivity index (χ4v) is 5.14. The van der Waals surface area contributed by atoms with Gasteiger partial charge in [0.2, 0.25) is 10.0 Å². The third-order valence-electron chi connectivity index (χ3n) is 5.03. The molecule has 0 radical (unpaired) electrons.